The lowest BCUT2D eigenvalue weighted by Crippen LogP contribution is -2.24. The molecule has 0 saturated carbocycles. The summed E-state index contributed by atoms with van der Waals surface area (Å²) < 4.78 is 56.2. The number of aryl methyl sites for hydroxylation is 2. The van der Waals surface area contributed by atoms with Gasteiger partial charge in [0.1, 0.15) is 29.3 Å². The van der Waals surface area contributed by atoms with Gasteiger partial charge in [0.25, 0.3) is 0 Å². The molecule has 0 bridgehead atoms. The van der Waals surface area contributed by atoms with Gasteiger partial charge in [-0.15, -0.1) is 11.3 Å². The number of alkyl halides is 2. The number of pyridine rings is 1. The zero-order valence-electron chi connectivity index (χ0n) is 21.4. The molecule has 1 unspecified atom stereocenters. The first-order chi connectivity index (χ1) is 19.1. The van der Waals surface area contributed by atoms with E-state index in [-0.39, 0.29) is 18.1 Å². The topological polar surface area (TPSA) is 108 Å². The van der Waals surface area contributed by atoms with E-state index in [1.807, 2.05) is 13.0 Å². The monoisotopic (exact) mass is 569 g/mol. The number of thiazole rings is 1. The second kappa shape index (κ2) is 11.3. The minimum atomic E-state index is -2.96. The first-order valence-corrected chi connectivity index (χ1v) is 12.8. The highest BCUT2D eigenvalue weighted by atomic mass is 32.1. The molecule has 206 valence electrons. The molecule has 2 aromatic carbocycles. The Labute approximate surface area is 230 Å². The van der Waals surface area contributed by atoms with Crippen LogP contribution in [0.5, 0.6) is 11.5 Å². The van der Waals surface area contributed by atoms with Gasteiger partial charge in [0.2, 0.25) is 0 Å². The third-order valence-corrected chi connectivity index (χ3v) is 6.66. The Morgan fingerprint density at radius 3 is 2.55 bits per heavy atom. The molecule has 3 aromatic heterocycles. The predicted octanol–water partition coefficient (Wildman–Crippen LogP) is 6.67. The van der Waals surface area contributed by atoms with Crippen molar-refractivity contribution in [3.8, 4) is 22.1 Å². The summed E-state index contributed by atoms with van der Waals surface area (Å²) in [5, 5.41) is 3.68. The number of nitrogens with one attached hydrogen (secondary N) is 1. The van der Waals surface area contributed by atoms with Crippen molar-refractivity contribution in [2.75, 3.05) is 11.9 Å². The van der Waals surface area contributed by atoms with E-state index < -0.39 is 24.6 Å². The summed E-state index contributed by atoms with van der Waals surface area (Å²) in [4.78, 5) is 28.9. The number of carbonyl (C=O) groups excluding carboxylic acids is 1. The van der Waals surface area contributed by atoms with Crippen LogP contribution < -0.4 is 14.8 Å². The minimum Gasteiger partial charge on any atom is -0.484 e. The smallest absolute Gasteiger partial charge is 0.411 e. The molecule has 5 aromatic rings. The van der Waals surface area contributed by atoms with Gasteiger partial charge in [-0.25, -0.2) is 24.1 Å². The molecule has 1 atom stereocenters. The first kappa shape index (κ1) is 27.1. The fraction of sp³-hybridized carbons (Fsp3) is 0.222. The van der Waals surface area contributed by atoms with Crippen LogP contribution in [0, 0.1) is 19.7 Å². The van der Waals surface area contributed by atoms with E-state index in [4.69, 9.17) is 9.47 Å². The number of halogens is 3. The lowest BCUT2D eigenvalue weighted by atomic mass is 10.1. The van der Waals surface area contributed by atoms with Crippen molar-refractivity contribution in [2.24, 2.45) is 0 Å². The third kappa shape index (κ3) is 6.20. The molecule has 1 amide bonds. The number of hydrogen-bond acceptors (Lipinski definition) is 9. The van der Waals surface area contributed by atoms with Crippen molar-refractivity contribution in [3.63, 3.8) is 0 Å². The average Bonchev–Trinajstić information content (AvgIpc) is 3.30. The van der Waals surface area contributed by atoms with Crippen LogP contribution in [0.4, 0.5) is 23.7 Å². The molecule has 0 aliphatic heterocycles. The molecule has 5 rings (SSSR count). The van der Waals surface area contributed by atoms with Gasteiger partial charge in [-0.3, -0.25) is 10.3 Å². The Hall–Kier alpha value is -4.52. The van der Waals surface area contributed by atoms with E-state index >= 15 is 0 Å². The van der Waals surface area contributed by atoms with Crippen LogP contribution in [-0.2, 0) is 4.74 Å². The highest BCUT2D eigenvalue weighted by molar-refractivity contribution is 7.21. The summed E-state index contributed by atoms with van der Waals surface area (Å²) in [5.41, 5.74) is 2.88. The lowest BCUT2D eigenvalue weighted by molar-refractivity contribution is -0.0499. The Kier molecular flexibility index (Phi) is 7.65. The maximum absolute atomic E-state index is 14.9. The molecule has 1 N–H and O–H groups in total. The van der Waals surface area contributed by atoms with Gasteiger partial charge in [0.05, 0.1) is 40.0 Å². The molecule has 0 aliphatic carbocycles. The van der Waals surface area contributed by atoms with Crippen molar-refractivity contribution >= 4 is 44.2 Å². The minimum absolute atomic E-state index is 0.0212. The van der Waals surface area contributed by atoms with Crippen LogP contribution in [0.25, 0.3) is 31.7 Å². The fourth-order valence-electron chi connectivity index (χ4n) is 3.90. The number of nitrogens with zero attached hydrogens (tertiary/aromatic N) is 4. The standard InChI is InChI=1S/C27H22F3N5O4S/c1-13-4-16-6-18(39-26(29)30)11-33-24(16)19(5-13)25-35-21-7-20(28)22(8-23(21)40-25)38-14(2)12-37-27(36)34-17-9-31-15(3)32-10-17/h4-11,14,26H,12H2,1-3H3,(H,34,36). The Bertz CT molecular complexity index is 1700. The number of rotatable bonds is 8. The molecular weight excluding hydrogens is 547 g/mol. The number of ether oxygens (including phenoxy) is 3. The van der Waals surface area contributed by atoms with Crippen LogP contribution >= 0.6 is 11.3 Å². The molecular formula is C27H22F3N5O4S. The van der Waals surface area contributed by atoms with E-state index in [0.29, 0.717) is 43.2 Å². The van der Waals surface area contributed by atoms with E-state index in [1.54, 1.807) is 19.9 Å². The fourth-order valence-corrected chi connectivity index (χ4v) is 4.89. The third-order valence-electron chi connectivity index (χ3n) is 5.60. The predicted molar refractivity (Wildman–Crippen MR) is 144 cm³/mol. The summed E-state index contributed by atoms with van der Waals surface area (Å²) in [6.45, 7) is 2.13. The maximum atomic E-state index is 14.9. The summed E-state index contributed by atoms with van der Waals surface area (Å²) in [7, 11) is 0. The number of anilines is 1. The van der Waals surface area contributed by atoms with Crippen LogP contribution in [0.15, 0.2) is 48.9 Å². The van der Waals surface area contributed by atoms with Gasteiger partial charge in [-0.05, 0) is 44.5 Å². The summed E-state index contributed by atoms with van der Waals surface area (Å²) in [6, 6.07) is 7.97. The first-order valence-electron chi connectivity index (χ1n) is 12.0. The van der Waals surface area contributed by atoms with Crippen molar-refractivity contribution in [1.29, 1.82) is 0 Å². The van der Waals surface area contributed by atoms with Crippen molar-refractivity contribution in [1.82, 2.24) is 19.9 Å². The van der Waals surface area contributed by atoms with E-state index in [1.165, 1.54) is 48.1 Å². The second-order valence-corrected chi connectivity index (χ2v) is 9.90. The summed E-state index contributed by atoms with van der Waals surface area (Å²) >= 11 is 1.30. The molecule has 40 heavy (non-hydrogen) atoms. The normalized spacial score (nSPS) is 12.1. The number of hydrogen-bond donors (Lipinski definition) is 1. The molecule has 13 heteroatoms. The number of benzene rings is 2. The van der Waals surface area contributed by atoms with Gasteiger partial charge >= 0.3 is 12.7 Å². The number of aromatic nitrogens is 4. The zero-order chi connectivity index (χ0) is 28.4. The number of carbonyl (C=O) groups is 1. The van der Waals surface area contributed by atoms with Gasteiger partial charge in [0, 0.05) is 23.1 Å². The van der Waals surface area contributed by atoms with Gasteiger partial charge in [0.15, 0.2) is 11.6 Å². The van der Waals surface area contributed by atoms with Crippen molar-refractivity contribution in [3.05, 3.63) is 66.1 Å². The molecule has 3 heterocycles. The van der Waals surface area contributed by atoms with Crippen molar-refractivity contribution < 1.29 is 32.2 Å². The average molecular weight is 570 g/mol. The van der Waals surface area contributed by atoms with Crippen LogP contribution in [0.2, 0.25) is 0 Å². The highest BCUT2D eigenvalue weighted by Gasteiger charge is 2.18. The van der Waals surface area contributed by atoms with Crippen LogP contribution in [0.1, 0.15) is 18.3 Å². The van der Waals surface area contributed by atoms with E-state index in [2.05, 4.69) is 30.0 Å². The van der Waals surface area contributed by atoms with Crippen LogP contribution in [-0.4, -0.2) is 45.4 Å². The molecule has 0 radical (unpaired) electrons. The quantitative estimate of drug-likeness (QED) is 0.221. The Morgan fingerprint density at radius 2 is 1.80 bits per heavy atom. The molecule has 0 aliphatic rings. The summed E-state index contributed by atoms with van der Waals surface area (Å²) in [6.07, 6.45) is 2.75. The Morgan fingerprint density at radius 1 is 1.02 bits per heavy atom. The zero-order valence-corrected chi connectivity index (χ0v) is 22.3. The molecule has 0 fully saturated rings. The highest BCUT2D eigenvalue weighted by Crippen LogP contribution is 2.37. The van der Waals surface area contributed by atoms with Crippen LogP contribution in [0.3, 0.4) is 0 Å². The number of amides is 1. The SMILES string of the molecule is Cc1cc(-c2nc3cc(F)c(OC(C)COC(=O)Nc4cnc(C)nc4)cc3s2)c2ncc(OC(F)F)cc2c1. The lowest BCUT2D eigenvalue weighted by Gasteiger charge is -2.15. The van der Waals surface area contributed by atoms with Gasteiger partial charge in [-0.2, -0.15) is 8.78 Å². The van der Waals surface area contributed by atoms with Crippen molar-refractivity contribution in [2.45, 2.75) is 33.5 Å². The summed E-state index contributed by atoms with van der Waals surface area (Å²) in [5.74, 6) is -0.134. The Balaban J connectivity index is 1.32. The maximum Gasteiger partial charge on any atom is 0.411 e. The molecule has 0 spiro atoms. The molecule has 9 nitrogen and oxygen atoms in total. The van der Waals surface area contributed by atoms with E-state index in [9.17, 15) is 18.0 Å². The van der Waals surface area contributed by atoms with Gasteiger partial charge < -0.3 is 14.2 Å². The van der Waals surface area contributed by atoms with E-state index in [0.717, 1.165) is 5.56 Å². The second-order valence-electron chi connectivity index (χ2n) is 8.87. The van der Waals surface area contributed by atoms with Gasteiger partial charge in [-0.1, -0.05) is 0 Å². The molecule has 0 saturated heterocycles. The largest absolute Gasteiger partial charge is 0.484 e. The number of fused-ring (bicyclic) bond motifs is 2.